The van der Waals surface area contributed by atoms with Gasteiger partial charge in [0.05, 0.1) is 13.7 Å². The van der Waals surface area contributed by atoms with Crippen LogP contribution in [-0.2, 0) is 5.60 Å². The Balaban J connectivity index is 1.99. The summed E-state index contributed by atoms with van der Waals surface area (Å²) in [5.74, 6) is 1.51. The maximum Gasteiger partial charge on any atom is 0.140 e. The molecule has 0 spiro atoms. The van der Waals surface area contributed by atoms with Crippen molar-refractivity contribution < 1.29 is 14.6 Å². The van der Waals surface area contributed by atoms with Crippen molar-refractivity contribution in [3.63, 3.8) is 0 Å². The molecule has 140 valence electrons. The molecular formula is C23H25NO3. The van der Waals surface area contributed by atoms with Gasteiger partial charge in [-0.2, -0.15) is 0 Å². The minimum absolute atomic E-state index is 0.581. The second-order valence-corrected chi connectivity index (χ2v) is 6.32. The van der Waals surface area contributed by atoms with Crippen molar-refractivity contribution in [2.45, 2.75) is 12.0 Å². The van der Waals surface area contributed by atoms with Gasteiger partial charge in [-0.15, -0.1) is 0 Å². The molecule has 0 radical (unpaired) electrons. The van der Waals surface area contributed by atoms with Crippen molar-refractivity contribution in [1.82, 2.24) is 0 Å². The molecule has 0 saturated carbocycles. The van der Waals surface area contributed by atoms with Gasteiger partial charge < -0.3 is 20.3 Å². The van der Waals surface area contributed by atoms with Crippen molar-refractivity contribution in [2.75, 3.05) is 20.3 Å². The topological polar surface area (TPSA) is 64.7 Å². The zero-order chi connectivity index (χ0) is 19.1. The van der Waals surface area contributed by atoms with E-state index in [9.17, 15) is 5.11 Å². The molecule has 3 aromatic rings. The van der Waals surface area contributed by atoms with Crippen molar-refractivity contribution in [3.8, 4) is 11.5 Å². The molecule has 3 N–H and O–H groups in total. The van der Waals surface area contributed by atoms with E-state index in [2.05, 4.69) is 0 Å². The number of hydrogen-bond donors (Lipinski definition) is 2. The molecular weight excluding hydrogens is 338 g/mol. The van der Waals surface area contributed by atoms with E-state index >= 15 is 0 Å². The Labute approximate surface area is 160 Å². The third-order valence-electron chi connectivity index (χ3n) is 4.59. The monoisotopic (exact) mass is 363 g/mol. The van der Waals surface area contributed by atoms with E-state index in [0.29, 0.717) is 13.2 Å². The van der Waals surface area contributed by atoms with Gasteiger partial charge >= 0.3 is 0 Å². The number of nitrogens with two attached hydrogens (primary N) is 1. The fourth-order valence-corrected chi connectivity index (χ4v) is 3.08. The summed E-state index contributed by atoms with van der Waals surface area (Å²) in [7, 11) is 1.63. The highest BCUT2D eigenvalue weighted by molar-refractivity contribution is 5.49. The molecule has 0 bridgehead atoms. The summed E-state index contributed by atoms with van der Waals surface area (Å²) in [6, 6.07) is 24.7. The molecule has 0 saturated heterocycles. The van der Waals surface area contributed by atoms with E-state index in [1.165, 1.54) is 0 Å². The highest BCUT2D eigenvalue weighted by Crippen LogP contribution is 2.37. The van der Waals surface area contributed by atoms with Gasteiger partial charge in [0.1, 0.15) is 17.1 Å². The van der Waals surface area contributed by atoms with Gasteiger partial charge in [0.15, 0.2) is 0 Å². The van der Waals surface area contributed by atoms with Gasteiger partial charge in [0.25, 0.3) is 0 Å². The molecule has 0 amide bonds. The van der Waals surface area contributed by atoms with Crippen molar-refractivity contribution in [3.05, 3.63) is 95.6 Å². The second-order valence-electron chi connectivity index (χ2n) is 6.32. The molecule has 4 heteroatoms. The summed E-state index contributed by atoms with van der Waals surface area (Å²) in [5.41, 5.74) is 6.56. The smallest absolute Gasteiger partial charge is 0.140 e. The van der Waals surface area contributed by atoms with Crippen LogP contribution in [0.4, 0.5) is 0 Å². The first-order valence-electron chi connectivity index (χ1n) is 9.04. The molecule has 3 rings (SSSR count). The molecule has 0 aromatic heterocycles. The molecule has 4 nitrogen and oxygen atoms in total. The van der Waals surface area contributed by atoms with Gasteiger partial charge in [0.2, 0.25) is 0 Å². The lowest BCUT2D eigenvalue weighted by atomic mass is 9.80. The van der Waals surface area contributed by atoms with Crippen molar-refractivity contribution in [2.24, 2.45) is 5.73 Å². The third-order valence-corrected chi connectivity index (χ3v) is 4.59. The van der Waals surface area contributed by atoms with E-state index < -0.39 is 5.60 Å². The zero-order valence-electron chi connectivity index (χ0n) is 15.5. The van der Waals surface area contributed by atoms with Gasteiger partial charge in [-0.05, 0) is 53.9 Å². The molecule has 0 fully saturated rings. The number of hydrogen-bond acceptors (Lipinski definition) is 4. The van der Waals surface area contributed by atoms with Crippen LogP contribution in [0.5, 0.6) is 11.5 Å². The SMILES string of the molecule is COc1ccc(C(O)(c2ccccc2)c2ccc(OCCCN)cc2)cc1. The Morgan fingerprint density at radius 3 is 1.81 bits per heavy atom. The summed E-state index contributed by atoms with van der Waals surface area (Å²) >= 11 is 0. The van der Waals surface area contributed by atoms with E-state index in [-0.39, 0.29) is 0 Å². The Kier molecular flexibility index (Phi) is 6.12. The van der Waals surface area contributed by atoms with Crippen molar-refractivity contribution in [1.29, 1.82) is 0 Å². The maximum atomic E-state index is 11.8. The summed E-state index contributed by atoms with van der Waals surface area (Å²) in [6.07, 6.45) is 0.807. The quantitative estimate of drug-likeness (QED) is 0.473. The summed E-state index contributed by atoms with van der Waals surface area (Å²) in [6.45, 7) is 1.18. The molecule has 0 aliphatic carbocycles. The molecule has 0 aliphatic heterocycles. The standard InChI is InChI=1S/C23H25NO3/c1-26-21-12-8-19(9-13-21)23(25,18-6-3-2-4-7-18)20-10-14-22(15-11-20)27-17-5-16-24/h2-4,6-15,25H,5,16-17,24H2,1H3. The molecule has 0 heterocycles. The van der Waals surface area contributed by atoms with Gasteiger partial charge in [-0.1, -0.05) is 54.6 Å². The summed E-state index contributed by atoms with van der Waals surface area (Å²) < 4.78 is 10.9. The van der Waals surface area contributed by atoms with E-state index in [1.54, 1.807) is 7.11 Å². The minimum Gasteiger partial charge on any atom is -0.497 e. The average molecular weight is 363 g/mol. The predicted octanol–water partition coefficient (Wildman–Crippen LogP) is 3.71. The molecule has 3 aromatic carbocycles. The van der Waals surface area contributed by atoms with Crippen LogP contribution in [0.25, 0.3) is 0 Å². The van der Waals surface area contributed by atoms with Crippen LogP contribution in [0.2, 0.25) is 0 Å². The maximum absolute atomic E-state index is 11.8. The number of methoxy groups -OCH3 is 1. The lowest BCUT2D eigenvalue weighted by molar-refractivity contribution is 0.125. The van der Waals surface area contributed by atoms with Crippen LogP contribution in [0, 0.1) is 0 Å². The Hall–Kier alpha value is -2.82. The summed E-state index contributed by atoms with van der Waals surface area (Å²) in [4.78, 5) is 0. The van der Waals surface area contributed by atoms with Crippen LogP contribution >= 0.6 is 0 Å². The van der Waals surface area contributed by atoms with Gasteiger partial charge in [-0.25, -0.2) is 0 Å². The molecule has 0 aliphatic rings. The Morgan fingerprint density at radius 2 is 1.30 bits per heavy atom. The lowest BCUT2D eigenvalue weighted by Crippen LogP contribution is -2.28. The minimum atomic E-state index is -1.27. The van der Waals surface area contributed by atoms with Crippen LogP contribution in [0.1, 0.15) is 23.1 Å². The zero-order valence-corrected chi connectivity index (χ0v) is 15.5. The summed E-state index contributed by atoms with van der Waals surface area (Å²) in [5, 5.41) is 11.8. The van der Waals surface area contributed by atoms with Crippen LogP contribution in [0.15, 0.2) is 78.9 Å². The first kappa shape index (κ1) is 19.0. The van der Waals surface area contributed by atoms with E-state index in [1.807, 2.05) is 78.9 Å². The van der Waals surface area contributed by atoms with E-state index in [0.717, 1.165) is 34.6 Å². The normalized spacial score (nSPS) is 13.0. The number of rotatable bonds is 8. The fourth-order valence-electron chi connectivity index (χ4n) is 3.08. The third kappa shape index (κ3) is 4.13. The van der Waals surface area contributed by atoms with Gasteiger partial charge in [0, 0.05) is 0 Å². The average Bonchev–Trinajstić information content (AvgIpc) is 2.74. The second kappa shape index (κ2) is 8.71. The van der Waals surface area contributed by atoms with Gasteiger partial charge in [-0.3, -0.25) is 0 Å². The van der Waals surface area contributed by atoms with Crippen LogP contribution in [0.3, 0.4) is 0 Å². The highest BCUT2D eigenvalue weighted by atomic mass is 16.5. The predicted molar refractivity (Wildman–Crippen MR) is 107 cm³/mol. The molecule has 1 unspecified atom stereocenters. The first-order chi connectivity index (χ1) is 13.2. The number of benzene rings is 3. The molecule has 1 atom stereocenters. The fraction of sp³-hybridized carbons (Fsp3) is 0.217. The Bertz CT molecular complexity index is 832. The number of ether oxygens (including phenoxy) is 2. The highest BCUT2D eigenvalue weighted by Gasteiger charge is 2.33. The first-order valence-corrected chi connectivity index (χ1v) is 9.04. The lowest BCUT2D eigenvalue weighted by Gasteiger charge is -2.30. The van der Waals surface area contributed by atoms with Crippen LogP contribution < -0.4 is 15.2 Å². The number of aliphatic hydroxyl groups is 1. The Morgan fingerprint density at radius 1 is 0.778 bits per heavy atom. The van der Waals surface area contributed by atoms with E-state index in [4.69, 9.17) is 15.2 Å². The molecule has 27 heavy (non-hydrogen) atoms. The van der Waals surface area contributed by atoms with Crippen LogP contribution in [-0.4, -0.2) is 25.4 Å². The largest absolute Gasteiger partial charge is 0.497 e. The van der Waals surface area contributed by atoms with Crippen molar-refractivity contribution >= 4 is 0 Å².